The number of halogens is 3. The number of carboxylic acid groups (broad SMARTS) is 1. The first-order valence-electron chi connectivity index (χ1n) is 13.7. The Bertz CT molecular complexity index is 951. The lowest BCUT2D eigenvalue weighted by molar-refractivity contribution is -0.147. The zero-order chi connectivity index (χ0) is 26.6. The lowest BCUT2D eigenvalue weighted by Crippen LogP contribution is -2.53. The summed E-state index contributed by atoms with van der Waals surface area (Å²) in [7, 11) is 0. The lowest BCUT2D eigenvalue weighted by Gasteiger charge is -2.37. The van der Waals surface area contributed by atoms with Gasteiger partial charge in [0, 0.05) is 55.9 Å². The van der Waals surface area contributed by atoms with Crippen LogP contribution in [0.5, 0.6) is 0 Å². The smallest absolute Gasteiger partial charge is 0.304 e. The van der Waals surface area contributed by atoms with E-state index in [2.05, 4.69) is 10.2 Å². The van der Waals surface area contributed by atoms with E-state index in [0.29, 0.717) is 12.1 Å². The molecule has 2 atom stereocenters. The molecule has 1 amide bonds. The Morgan fingerprint density at radius 1 is 1.14 bits per heavy atom. The van der Waals surface area contributed by atoms with E-state index in [9.17, 15) is 23.5 Å². The highest BCUT2D eigenvalue weighted by Crippen LogP contribution is 2.41. The van der Waals surface area contributed by atoms with Crippen molar-refractivity contribution in [1.82, 2.24) is 15.1 Å². The van der Waals surface area contributed by atoms with Crippen LogP contribution in [0.4, 0.5) is 8.78 Å². The van der Waals surface area contributed by atoms with Gasteiger partial charge in [-0.2, -0.15) is 0 Å². The Balaban J connectivity index is 1.39. The van der Waals surface area contributed by atoms with Gasteiger partial charge in [-0.25, -0.2) is 8.78 Å². The lowest BCUT2D eigenvalue weighted by atomic mass is 9.75. The molecular weight excluding hydrogens is 500 g/mol. The standard InChI is InChI=1S/C28H40ClF2N3O3/c1-19-15-34(17-23-22(26(30)31)8-5-9-24(23)29)18-28(19,14-25(35)36)27(37)32-21-10-12-33(13-11-21)16-20-6-3-2-4-7-20/h5,8-9,19-21,26H,2-4,6-7,10-18H2,1H3,(H,32,37)(H,35,36)/t19-,28+/m0/s1. The Hall–Kier alpha value is -1.77. The summed E-state index contributed by atoms with van der Waals surface area (Å²) in [4.78, 5) is 29.9. The molecule has 2 N–H and O–H groups in total. The summed E-state index contributed by atoms with van der Waals surface area (Å²) in [5.74, 6) is -0.721. The topological polar surface area (TPSA) is 72.9 Å². The molecule has 0 aromatic heterocycles. The maximum atomic E-state index is 13.7. The van der Waals surface area contributed by atoms with Crippen molar-refractivity contribution in [2.75, 3.05) is 32.7 Å². The normalized spacial score (nSPS) is 26.6. The number of hydrogen-bond donors (Lipinski definition) is 2. The van der Waals surface area contributed by atoms with Crippen LogP contribution in [0.25, 0.3) is 0 Å². The minimum absolute atomic E-state index is 0.0241. The predicted octanol–water partition coefficient (Wildman–Crippen LogP) is 5.35. The number of likely N-dealkylation sites (tertiary alicyclic amines) is 2. The van der Waals surface area contributed by atoms with Crippen LogP contribution in [0.15, 0.2) is 18.2 Å². The first-order chi connectivity index (χ1) is 17.7. The van der Waals surface area contributed by atoms with Gasteiger partial charge >= 0.3 is 5.97 Å². The summed E-state index contributed by atoms with van der Waals surface area (Å²) in [6, 6.07) is 4.47. The quantitative estimate of drug-likeness (QED) is 0.442. The Kier molecular flexibility index (Phi) is 9.46. The molecule has 1 aromatic carbocycles. The number of carboxylic acids is 1. The second-order valence-electron chi connectivity index (χ2n) is 11.5. The van der Waals surface area contributed by atoms with Crippen LogP contribution in [-0.2, 0) is 16.1 Å². The minimum atomic E-state index is -2.66. The molecule has 1 aromatic rings. The van der Waals surface area contributed by atoms with Gasteiger partial charge in [0.2, 0.25) is 5.91 Å². The van der Waals surface area contributed by atoms with Gasteiger partial charge in [-0.3, -0.25) is 14.5 Å². The fourth-order valence-corrected chi connectivity index (χ4v) is 6.91. The molecule has 2 heterocycles. The number of rotatable bonds is 9. The maximum Gasteiger partial charge on any atom is 0.304 e. The molecule has 1 aliphatic carbocycles. The molecule has 0 spiro atoms. The summed E-state index contributed by atoms with van der Waals surface area (Å²) in [6.45, 7) is 5.69. The summed E-state index contributed by atoms with van der Waals surface area (Å²) < 4.78 is 27.2. The average Bonchev–Trinajstić information content (AvgIpc) is 3.17. The van der Waals surface area contributed by atoms with E-state index in [4.69, 9.17) is 11.6 Å². The van der Waals surface area contributed by atoms with Crippen LogP contribution in [-0.4, -0.2) is 65.5 Å². The van der Waals surface area contributed by atoms with Gasteiger partial charge in [0.15, 0.2) is 0 Å². The van der Waals surface area contributed by atoms with Gasteiger partial charge in [0.05, 0.1) is 11.8 Å². The van der Waals surface area contributed by atoms with Gasteiger partial charge in [0.1, 0.15) is 0 Å². The second-order valence-corrected chi connectivity index (χ2v) is 11.9. The third-order valence-electron chi connectivity index (χ3n) is 8.84. The zero-order valence-corrected chi connectivity index (χ0v) is 22.5. The number of nitrogens with one attached hydrogen (secondary N) is 1. The van der Waals surface area contributed by atoms with E-state index >= 15 is 0 Å². The van der Waals surface area contributed by atoms with E-state index in [1.54, 1.807) is 6.07 Å². The predicted molar refractivity (Wildman–Crippen MR) is 140 cm³/mol. The van der Waals surface area contributed by atoms with Crippen molar-refractivity contribution in [1.29, 1.82) is 0 Å². The number of hydrogen-bond acceptors (Lipinski definition) is 4. The Labute approximate surface area is 223 Å². The minimum Gasteiger partial charge on any atom is -0.481 e. The van der Waals surface area contributed by atoms with Gasteiger partial charge in [-0.15, -0.1) is 0 Å². The largest absolute Gasteiger partial charge is 0.481 e. The number of nitrogens with zero attached hydrogens (tertiary/aromatic N) is 2. The van der Waals surface area contributed by atoms with Crippen LogP contribution in [0, 0.1) is 17.3 Å². The fourth-order valence-electron chi connectivity index (χ4n) is 6.67. The van der Waals surface area contributed by atoms with Crippen molar-refractivity contribution >= 4 is 23.5 Å². The molecule has 3 fully saturated rings. The Morgan fingerprint density at radius 2 is 1.84 bits per heavy atom. The van der Waals surface area contributed by atoms with Gasteiger partial charge in [-0.1, -0.05) is 49.9 Å². The summed E-state index contributed by atoms with van der Waals surface area (Å²) in [5.41, 5.74) is -0.902. The molecule has 3 aliphatic rings. The number of carbonyl (C=O) groups is 2. The fraction of sp³-hybridized carbons (Fsp3) is 0.714. The molecule has 2 saturated heterocycles. The number of amides is 1. The number of benzene rings is 1. The highest BCUT2D eigenvalue weighted by atomic mass is 35.5. The molecule has 2 aliphatic heterocycles. The molecule has 1 saturated carbocycles. The molecule has 37 heavy (non-hydrogen) atoms. The Morgan fingerprint density at radius 3 is 2.49 bits per heavy atom. The number of alkyl halides is 2. The van der Waals surface area contributed by atoms with Gasteiger partial charge in [-0.05, 0) is 49.1 Å². The zero-order valence-electron chi connectivity index (χ0n) is 21.7. The van der Waals surface area contributed by atoms with Crippen molar-refractivity contribution in [2.24, 2.45) is 17.3 Å². The first-order valence-corrected chi connectivity index (χ1v) is 14.1. The molecule has 6 nitrogen and oxygen atoms in total. The SMILES string of the molecule is C[C@H]1CN(Cc2c(Cl)cccc2C(F)F)C[C@@]1(CC(=O)O)C(=O)NC1CCN(CC2CCCCC2)CC1. The van der Waals surface area contributed by atoms with E-state index in [1.165, 1.54) is 44.2 Å². The van der Waals surface area contributed by atoms with Crippen molar-refractivity contribution < 1.29 is 23.5 Å². The van der Waals surface area contributed by atoms with Crippen molar-refractivity contribution in [3.8, 4) is 0 Å². The highest BCUT2D eigenvalue weighted by molar-refractivity contribution is 6.31. The number of piperidine rings is 1. The van der Waals surface area contributed by atoms with E-state index in [-0.39, 0.29) is 48.0 Å². The van der Waals surface area contributed by atoms with Crippen LogP contribution < -0.4 is 5.32 Å². The summed E-state index contributed by atoms with van der Waals surface area (Å²) in [5, 5.41) is 13.2. The summed E-state index contributed by atoms with van der Waals surface area (Å²) >= 11 is 6.27. The van der Waals surface area contributed by atoms with Crippen molar-refractivity contribution in [3.05, 3.63) is 34.3 Å². The van der Waals surface area contributed by atoms with Crippen LogP contribution >= 0.6 is 11.6 Å². The molecule has 0 unspecified atom stereocenters. The highest BCUT2D eigenvalue weighted by Gasteiger charge is 2.51. The first kappa shape index (κ1) is 28.2. The van der Waals surface area contributed by atoms with Crippen LogP contribution in [0.1, 0.15) is 75.8 Å². The molecule has 4 rings (SSSR count). The number of aliphatic carboxylic acids is 1. The van der Waals surface area contributed by atoms with E-state index in [1.807, 2.05) is 11.8 Å². The maximum absolute atomic E-state index is 13.7. The van der Waals surface area contributed by atoms with Crippen molar-refractivity contribution in [3.63, 3.8) is 0 Å². The second kappa shape index (κ2) is 12.4. The van der Waals surface area contributed by atoms with Crippen LogP contribution in [0.2, 0.25) is 5.02 Å². The van der Waals surface area contributed by atoms with E-state index < -0.39 is 17.8 Å². The molecular formula is C28H40ClF2N3O3. The van der Waals surface area contributed by atoms with Gasteiger partial charge in [0.25, 0.3) is 6.43 Å². The average molecular weight is 540 g/mol. The molecule has 0 radical (unpaired) electrons. The van der Waals surface area contributed by atoms with Crippen LogP contribution in [0.3, 0.4) is 0 Å². The number of carbonyl (C=O) groups excluding carboxylic acids is 1. The molecule has 9 heteroatoms. The van der Waals surface area contributed by atoms with Gasteiger partial charge < -0.3 is 15.3 Å². The molecule has 206 valence electrons. The molecule has 0 bridgehead atoms. The van der Waals surface area contributed by atoms with Crippen molar-refractivity contribution in [2.45, 2.75) is 77.3 Å². The van der Waals surface area contributed by atoms with E-state index in [0.717, 1.165) is 38.4 Å². The third-order valence-corrected chi connectivity index (χ3v) is 9.19. The third kappa shape index (κ3) is 6.82. The summed E-state index contributed by atoms with van der Waals surface area (Å²) in [6.07, 6.45) is 5.41. The monoisotopic (exact) mass is 539 g/mol.